The third-order valence-electron chi connectivity index (χ3n) is 3.90. The Morgan fingerprint density at radius 3 is 2.43 bits per heavy atom. The van der Waals surface area contributed by atoms with Crippen molar-refractivity contribution in [3.05, 3.63) is 29.1 Å². The van der Waals surface area contributed by atoms with E-state index in [0.717, 1.165) is 25.0 Å². The molecule has 1 aliphatic carbocycles. The molecule has 3 N–H and O–H groups in total. The van der Waals surface area contributed by atoms with Crippen LogP contribution in [0.3, 0.4) is 0 Å². The second-order valence-corrected chi connectivity index (χ2v) is 7.61. The zero-order valence-electron chi connectivity index (χ0n) is 12.2. The van der Waals surface area contributed by atoms with Crippen LogP contribution in [0.25, 0.3) is 0 Å². The van der Waals surface area contributed by atoms with E-state index in [9.17, 15) is 17.6 Å². The number of benzene rings is 1. The number of amides is 1. The molecule has 0 aromatic heterocycles. The number of hydrogen-bond donors (Lipinski definition) is 2. The van der Waals surface area contributed by atoms with Gasteiger partial charge in [0.2, 0.25) is 10.0 Å². The van der Waals surface area contributed by atoms with Gasteiger partial charge in [-0.2, -0.15) is 0 Å². The molecular weight excluding hydrogens is 295 g/mol. The molecule has 1 aromatic carbocycles. The minimum atomic E-state index is -4.08. The topological polar surface area (TPSA) is 89.3 Å². The predicted molar refractivity (Wildman–Crippen MR) is 76.8 cm³/mol. The molecule has 21 heavy (non-hydrogen) atoms. The molecule has 7 heteroatoms. The Bertz CT molecular complexity index is 694. The summed E-state index contributed by atoms with van der Waals surface area (Å²) < 4.78 is 36.8. The van der Waals surface area contributed by atoms with Crippen LogP contribution in [0.5, 0.6) is 0 Å². The Balaban J connectivity index is 2.36. The maximum Gasteiger partial charge on any atom is 0.251 e. The normalized spacial score (nSPS) is 15.9. The first-order valence-electron chi connectivity index (χ1n) is 6.68. The fourth-order valence-corrected chi connectivity index (χ4v) is 3.17. The van der Waals surface area contributed by atoms with Gasteiger partial charge < -0.3 is 5.32 Å². The van der Waals surface area contributed by atoms with E-state index in [-0.39, 0.29) is 16.0 Å². The average Bonchev–Trinajstić information content (AvgIpc) is 3.14. The summed E-state index contributed by atoms with van der Waals surface area (Å²) in [4.78, 5) is 11.9. The van der Waals surface area contributed by atoms with Crippen molar-refractivity contribution in [3.63, 3.8) is 0 Å². The summed E-state index contributed by atoms with van der Waals surface area (Å²) in [6, 6.07) is 2.15. The summed E-state index contributed by atoms with van der Waals surface area (Å²) in [6.45, 7) is 5.10. The van der Waals surface area contributed by atoms with Crippen molar-refractivity contribution in [1.82, 2.24) is 5.32 Å². The monoisotopic (exact) mass is 314 g/mol. The van der Waals surface area contributed by atoms with Crippen molar-refractivity contribution in [2.75, 3.05) is 0 Å². The molecule has 2 rings (SSSR count). The highest BCUT2D eigenvalue weighted by molar-refractivity contribution is 7.89. The first kappa shape index (κ1) is 15.9. The Morgan fingerprint density at radius 1 is 1.38 bits per heavy atom. The molecule has 0 saturated heterocycles. The molecule has 5 nitrogen and oxygen atoms in total. The molecule has 1 saturated carbocycles. The molecule has 0 spiro atoms. The van der Waals surface area contributed by atoms with Gasteiger partial charge >= 0.3 is 0 Å². The van der Waals surface area contributed by atoms with Crippen LogP contribution >= 0.6 is 0 Å². The molecule has 0 heterocycles. The third-order valence-corrected chi connectivity index (χ3v) is 4.94. The van der Waals surface area contributed by atoms with Crippen LogP contribution in [0.15, 0.2) is 17.0 Å². The number of primary sulfonamides is 1. The van der Waals surface area contributed by atoms with Gasteiger partial charge in [0.15, 0.2) is 0 Å². The molecule has 0 aliphatic heterocycles. The van der Waals surface area contributed by atoms with Crippen molar-refractivity contribution in [3.8, 4) is 0 Å². The minimum absolute atomic E-state index is 0.0455. The van der Waals surface area contributed by atoms with E-state index in [1.54, 1.807) is 0 Å². The lowest BCUT2D eigenvalue weighted by Crippen LogP contribution is -2.45. The molecule has 0 unspecified atom stereocenters. The highest BCUT2D eigenvalue weighted by Crippen LogP contribution is 2.39. The second kappa shape index (κ2) is 5.06. The van der Waals surface area contributed by atoms with Gasteiger partial charge in [-0.15, -0.1) is 0 Å². The SMILES string of the molecule is Cc1c(F)cc(C(=O)NC(C)(C)C2CC2)cc1S(N)(=O)=O. The molecule has 1 fully saturated rings. The summed E-state index contributed by atoms with van der Waals surface area (Å²) in [6.07, 6.45) is 2.08. The highest BCUT2D eigenvalue weighted by atomic mass is 32.2. The summed E-state index contributed by atoms with van der Waals surface area (Å²) in [5.41, 5.74) is -0.536. The van der Waals surface area contributed by atoms with E-state index < -0.39 is 27.3 Å². The number of sulfonamides is 1. The maximum atomic E-state index is 13.8. The third kappa shape index (κ3) is 3.41. The van der Waals surface area contributed by atoms with Crippen LogP contribution in [0.4, 0.5) is 4.39 Å². The molecule has 0 bridgehead atoms. The molecule has 0 radical (unpaired) electrons. The van der Waals surface area contributed by atoms with Crippen LogP contribution in [0.2, 0.25) is 0 Å². The molecule has 0 atom stereocenters. The molecule has 116 valence electrons. The summed E-state index contributed by atoms with van der Waals surface area (Å²) >= 11 is 0. The van der Waals surface area contributed by atoms with Gasteiger partial charge in [0.25, 0.3) is 5.91 Å². The lowest BCUT2D eigenvalue weighted by Gasteiger charge is -2.26. The van der Waals surface area contributed by atoms with Crippen molar-refractivity contribution in [1.29, 1.82) is 0 Å². The Hall–Kier alpha value is -1.47. The van der Waals surface area contributed by atoms with Crippen LogP contribution in [0.1, 0.15) is 42.6 Å². The quantitative estimate of drug-likeness (QED) is 0.886. The van der Waals surface area contributed by atoms with Gasteiger partial charge in [0, 0.05) is 16.7 Å². The summed E-state index contributed by atoms with van der Waals surface area (Å²) in [7, 11) is -4.08. The summed E-state index contributed by atoms with van der Waals surface area (Å²) in [5, 5.41) is 7.87. The van der Waals surface area contributed by atoms with Crippen molar-refractivity contribution >= 4 is 15.9 Å². The summed E-state index contributed by atoms with van der Waals surface area (Å²) in [5.74, 6) is -0.874. The number of carbonyl (C=O) groups is 1. The number of rotatable bonds is 4. The van der Waals surface area contributed by atoms with Crippen LogP contribution in [0, 0.1) is 18.7 Å². The van der Waals surface area contributed by atoms with Crippen molar-refractivity contribution in [2.24, 2.45) is 11.1 Å². The average molecular weight is 314 g/mol. The molecule has 1 aliphatic rings. The van der Waals surface area contributed by atoms with Gasteiger partial charge in [0.05, 0.1) is 4.90 Å². The number of hydrogen-bond acceptors (Lipinski definition) is 3. The minimum Gasteiger partial charge on any atom is -0.347 e. The van der Waals surface area contributed by atoms with E-state index in [0.29, 0.717) is 5.92 Å². The maximum absolute atomic E-state index is 13.8. The Labute approximate surface area is 123 Å². The predicted octanol–water partition coefficient (Wildman–Crippen LogP) is 1.70. The number of carbonyl (C=O) groups excluding carboxylic acids is 1. The van der Waals surface area contributed by atoms with E-state index in [1.165, 1.54) is 6.92 Å². The highest BCUT2D eigenvalue weighted by Gasteiger charge is 2.39. The molecule has 1 aromatic rings. The molecular formula is C14H19FN2O3S. The smallest absolute Gasteiger partial charge is 0.251 e. The second-order valence-electron chi connectivity index (χ2n) is 6.08. The van der Waals surface area contributed by atoms with E-state index in [2.05, 4.69) is 5.32 Å². The van der Waals surface area contributed by atoms with Gasteiger partial charge in [-0.05, 0) is 51.7 Å². The Morgan fingerprint density at radius 2 is 1.95 bits per heavy atom. The standard InChI is InChI=1S/C14H19FN2O3S/c1-8-11(15)6-9(7-12(8)21(16,19)20)13(18)17-14(2,3)10-4-5-10/h6-7,10H,4-5H2,1-3H3,(H,17,18)(H2,16,19,20). The van der Waals surface area contributed by atoms with Crippen LogP contribution in [-0.4, -0.2) is 19.9 Å². The van der Waals surface area contributed by atoms with Gasteiger partial charge in [-0.25, -0.2) is 17.9 Å². The van der Waals surface area contributed by atoms with Crippen molar-refractivity contribution < 1.29 is 17.6 Å². The van der Waals surface area contributed by atoms with Crippen molar-refractivity contribution in [2.45, 2.75) is 44.0 Å². The Kier molecular flexibility index (Phi) is 3.84. The first-order valence-corrected chi connectivity index (χ1v) is 8.22. The number of halogens is 1. The van der Waals surface area contributed by atoms with E-state index in [1.807, 2.05) is 13.8 Å². The molecule has 1 amide bonds. The van der Waals surface area contributed by atoms with Gasteiger partial charge in [-0.3, -0.25) is 4.79 Å². The fourth-order valence-electron chi connectivity index (χ4n) is 2.35. The zero-order chi connectivity index (χ0) is 16.0. The lowest BCUT2D eigenvalue weighted by atomic mass is 9.98. The largest absolute Gasteiger partial charge is 0.347 e. The van der Waals surface area contributed by atoms with Gasteiger partial charge in [-0.1, -0.05) is 0 Å². The van der Waals surface area contributed by atoms with E-state index in [4.69, 9.17) is 5.14 Å². The van der Waals surface area contributed by atoms with Crippen LogP contribution < -0.4 is 10.5 Å². The van der Waals surface area contributed by atoms with E-state index >= 15 is 0 Å². The lowest BCUT2D eigenvalue weighted by molar-refractivity contribution is 0.0902. The first-order chi connectivity index (χ1) is 9.52. The number of nitrogens with one attached hydrogen (secondary N) is 1. The van der Waals surface area contributed by atoms with Gasteiger partial charge in [0.1, 0.15) is 5.82 Å². The fraction of sp³-hybridized carbons (Fsp3) is 0.500. The van der Waals surface area contributed by atoms with Crippen LogP contribution in [-0.2, 0) is 10.0 Å². The zero-order valence-corrected chi connectivity index (χ0v) is 13.1. The number of nitrogens with two attached hydrogens (primary N) is 1.